The average molecular weight is 1180 g/mol. The van der Waals surface area contributed by atoms with E-state index < -0.39 is 12.1 Å². The highest BCUT2D eigenvalue weighted by Gasteiger charge is 2.20. The van der Waals surface area contributed by atoms with E-state index in [0.29, 0.717) is 25.9 Å². The van der Waals surface area contributed by atoms with Crippen LogP contribution in [0.25, 0.3) is 0 Å². The van der Waals surface area contributed by atoms with Crippen molar-refractivity contribution in [2.24, 2.45) is 0 Å². The summed E-state index contributed by atoms with van der Waals surface area (Å²) in [7, 11) is 0. The summed E-state index contributed by atoms with van der Waals surface area (Å²) in [5, 5.41) is 23.3. The van der Waals surface area contributed by atoms with Gasteiger partial charge in [0.05, 0.1) is 25.4 Å². The molecule has 0 aromatic rings. The molecule has 0 heterocycles. The summed E-state index contributed by atoms with van der Waals surface area (Å²) in [5.41, 5.74) is 0. The average Bonchev–Trinajstić information content (AvgIpc) is 3.52. The number of aliphatic hydroxyl groups excluding tert-OH is 2. The van der Waals surface area contributed by atoms with Crippen molar-refractivity contribution >= 4 is 11.9 Å². The quantitative estimate of drug-likeness (QED) is 0.0320. The lowest BCUT2D eigenvalue weighted by Gasteiger charge is -2.22. The van der Waals surface area contributed by atoms with Gasteiger partial charge in [-0.25, -0.2) is 0 Å². The third-order valence-electron chi connectivity index (χ3n) is 18.3. The fraction of sp³-hybridized carbons (Fsp3) is 0.923. The van der Waals surface area contributed by atoms with Crippen molar-refractivity contribution in [3.63, 3.8) is 0 Å². The maximum Gasteiger partial charge on any atom is 0.305 e. The number of allylic oxidation sites excluding steroid dienone is 4. The fourth-order valence-electron chi connectivity index (χ4n) is 12.4. The normalized spacial score (nSPS) is 12.6. The molecule has 0 aliphatic heterocycles. The van der Waals surface area contributed by atoms with Gasteiger partial charge in [0.25, 0.3) is 0 Å². The van der Waals surface area contributed by atoms with Gasteiger partial charge in [0.15, 0.2) is 0 Å². The van der Waals surface area contributed by atoms with Crippen molar-refractivity contribution in [2.45, 2.75) is 450 Å². The number of nitrogens with one attached hydrogen (secondary N) is 1. The van der Waals surface area contributed by atoms with Crippen LogP contribution in [-0.4, -0.2) is 47.4 Å². The second-order valence-electron chi connectivity index (χ2n) is 26.7. The van der Waals surface area contributed by atoms with E-state index in [2.05, 4.69) is 43.5 Å². The van der Waals surface area contributed by atoms with Crippen molar-refractivity contribution in [2.75, 3.05) is 13.2 Å². The van der Waals surface area contributed by atoms with Gasteiger partial charge < -0.3 is 20.3 Å². The van der Waals surface area contributed by atoms with Crippen LogP contribution in [0.15, 0.2) is 24.3 Å². The summed E-state index contributed by atoms with van der Waals surface area (Å²) in [4.78, 5) is 24.6. The number of hydrogen-bond donors (Lipinski definition) is 3. The van der Waals surface area contributed by atoms with Gasteiger partial charge >= 0.3 is 5.97 Å². The zero-order valence-electron chi connectivity index (χ0n) is 57.2. The largest absolute Gasteiger partial charge is 0.466 e. The Bertz CT molecular complexity index is 1320. The van der Waals surface area contributed by atoms with Crippen LogP contribution in [0.4, 0.5) is 0 Å². The molecule has 0 radical (unpaired) electrons. The van der Waals surface area contributed by atoms with E-state index in [4.69, 9.17) is 4.74 Å². The molecular weight excluding hydrogens is 1030 g/mol. The summed E-state index contributed by atoms with van der Waals surface area (Å²) < 4.78 is 5.50. The lowest BCUT2D eigenvalue weighted by Crippen LogP contribution is -2.45. The molecule has 0 aromatic heterocycles. The number of aliphatic hydroxyl groups is 2. The molecule has 0 aromatic carbocycles. The molecule has 6 nitrogen and oxygen atoms in total. The Morgan fingerprint density at radius 2 is 0.595 bits per heavy atom. The number of carbonyl (C=O) groups excluding carboxylic acids is 2. The van der Waals surface area contributed by atoms with Gasteiger partial charge in [0.1, 0.15) is 0 Å². The summed E-state index contributed by atoms with van der Waals surface area (Å²) in [5.74, 6) is -0.00555. The molecular formula is C78H151NO5. The number of carbonyl (C=O) groups is 2. The zero-order chi connectivity index (χ0) is 60.6. The Morgan fingerprint density at radius 1 is 0.333 bits per heavy atom. The maximum absolute atomic E-state index is 12.5. The van der Waals surface area contributed by atoms with E-state index in [1.807, 2.05) is 0 Å². The van der Waals surface area contributed by atoms with Gasteiger partial charge in [-0.2, -0.15) is 0 Å². The number of amides is 1. The van der Waals surface area contributed by atoms with Crippen molar-refractivity contribution in [3.05, 3.63) is 24.3 Å². The molecule has 0 saturated heterocycles. The maximum atomic E-state index is 12.5. The fourth-order valence-corrected chi connectivity index (χ4v) is 12.4. The molecule has 0 saturated carbocycles. The molecule has 84 heavy (non-hydrogen) atoms. The lowest BCUT2D eigenvalue weighted by atomic mass is 10.0. The topological polar surface area (TPSA) is 95.9 Å². The van der Waals surface area contributed by atoms with Crippen LogP contribution in [-0.2, 0) is 14.3 Å². The standard InChI is InChI=1S/C78H151NO5/c1-3-5-7-9-11-13-15-17-46-50-54-58-62-66-70-76(81)75(74-80)79-77(82)71-67-63-59-55-51-47-44-42-40-38-36-34-32-30-28-26-24-22-20-19-21-23-25-27-29-31-33-35-37-39-41-43-45-49-53-57-61-65-69-73-84-78(83)72-68-64-60-56-52-48-18-16-14-12-10-8-6-4-2/h19-20,23,25,75-76,80-81H,3-18,21-22,24,26-74H2,1-2H3,(H,79,82)/b20-19-,25-23-. The molecule has 0 aliphatic rings. The zero-order valence-corrected chi connectivity index (χ0v) is 57.2. The monoisotopic (exact) mass is 1180 g/mol. The Hall–Kier alpha value is -1.66. The molecule has 0 rings (SSSR count). The molecule has 2 atom stereocenters. The molecule has 0 bridgehead atoms. The predicted molar refractivity (Wildman–Crippen MR) is 370 cm³/mol. The first kappa shape index (κ1) is 82.3. The van der Waals surface area contributed by atoms with Crippen LogP contribution >= 0.6 is 0 Å². The van der Waals surface area contributed by atoms with Crippen LogP contribution in [0.5, 0.6) is 0 Å². The lowest BCUT2D eigenvalue weighted by molar-refractivity contribution is -0.143. The second-order valence-corrected chi connectivity index (χ2v) is 26.7. The molecule has 0 spiro atoms. The van der Waals surface area contributed by atoms with Gasteiger partial charge in [-0.05, 0) is 57.8 Å². The van der Waals surface area contributed by atoms with Crippen molar-refractivity contribution in [1.82, 2.24) is 5.32 Å². The Balaban J connectivity index is 3.33. The molecule has 498 valence electrons. The Labute approximate surface area is 526 Å². The van der Waals surface area contributed by atoms with Crippen LogP contribution in [0.1, 0.15) is 438 Å². The third-order valence-corrected chi connectivity index (χ3v) is 18.3. The van der Waals surface area contributed by atoms with Crippen LogP contribution in [0.2, 0.25) is 0 Å². The summed E-state index contributed by atoms with van der Waals surface area (Å²) in [6.45, 7) is 5.00. The third kappa shape index (κ3) is 69.4. The molecule has 2 unspecified atom stereocenters. The van der Waals surface area contributed by atoms with Gasteiger partial charge in [0.2, 0.25) is 5.91 Å². The van der Waals surface area contributed by atoms with E-state index in [1.54, 1.807) is 0 Å². The predicted octanol–water partition coefficient (Wildman–Crippen LogP) is 25.3. The first-order valence-electron chi connectivity index (χ1n) is 38.6. The highest BCUT2D eigenvalue weighted by atomic mass is 16.5. The van der Waals surface area contributed by atoms with Crippen LogP contribution in [0, 0.1) is 0 Å². The summed E-state index contributed by atoms with van der Waals surface area (Å²) >= 11 is 0. The van der Waals surface area contributed by atoms with Crippen LogP contribution in [0.3, 0.4) is 0 Å². The van der Waals surface area contributed by atoms with E-state index in [1.165, 1.54) is 360 Å². The molecule has 1 amide bonds. The van der Waals surface area contributed by atoms with Crippen molar-refractivity contribution in [3.8, 4) is 0 Å². The van der Waals surface area contributed by atoms with E-state index in [-0.39, 0.29) is 18.5 Å². The number of unbranched alkanes of at least 4 members (excludes halogenated alkanes) is 58. The van der Waals surface area contributed by atoms with E-state index >= 15 is 0 Å². The van der Waals surface area contributed by atoms with Crippen molar-refractivity contribution < 1.29 is 24.5 Å². The molecule has 6 heteroatoms. The number of rotatable bonds is 73. The Morgan fingerprint density at radius 3 is 0.905 bits per heavy atom. The van der Waals surface area contributed by atoms with E-state index in [9.17, 15) is 19.8 Å². The van der Waals surface area contributed by atoms with Gasteiger partial charge in [-0.1, -0.05) is 391 Å². The van der Waals surface area contributed by atoms with Gasteiger partial charge in [-0.15, -0.1) is 0 Å². The minimum absolute atomic E-state index is 0.0234. The SMILES string of the molecule is CCCCCCCCCCCCCCCCC(=O)OCCCCCCCCCCCCCCCCC/C=C\C/C=C\CCCCCCCCCCCCCCCCCCCC(=O)NC(CO)C(O)CCCCCCCCCCCCCCCC. The van der Waals surface area contributed by atoms with Gasteiger partial charge in [-0.3, -0.25) is 9.59 Å². The Kier molecular flexibility index (Phi) is 72.3. The molecule has 0 fully saturated rings. The smallest absolute Gasteiger partial charge is 0.305 e. The second kappa shape index (κ2) is 73.8. The highest BCUT2D eigenvalue weighted by Crippen LogP contribution is 2.20. The first-order valence-corrected chi connectivity index (χ1v) is 38.6. The van der Waals surface area contributed by atoms with Crippen LogP contribution < -0.4 is 5.32 Å². The van der Waals surface area contributed by atoms with E-state index in [0.717, 1.165) is 44.9 Å². The minimum Gasteiger partial charge on any atom is -0.466 e. The number of hydrogen-bond acceptors (Lipinski definition) is 5. The minimum atomic E-state index is -0.661. The highest BCUT2D eigenvalue weighted by molar-refractivity contribution is 5.76. The summed E-state index contributed by atoms with van der Waals surface area (Å²) in [6.07, 6.45) is 94.1. The van der Waals surface area contributed by atoms with Gasteiger partial charge in [0, 0.05) is 12.8 Å². The molecule has 0 aliphatic carbocycles. The van der Waals surface area contributed by atoms with Crippen molar-refractivity contribution in [1.29, 1.82) is 0 Å². The first-order chi connectivity index (χ1) is 41.5. The number of esters is 1. The molecule has 3 N–H and O–H groups in total. The summed E-state index contributed by atoms with van der Waals surface area (Å²) in [6, 6.07) is -0.538. The number of ether oxygens (including phenoxy) is 1.